The number of hydrogen-bond acceptors (Lipinski definition) is 4. The number of benzene rings is 3. The van der Waals surface area contributed by atoms with Crippen molar-refractivity contribution >= 4 is 27.5 Å². The lowest BCUT2D eigenvalue weighted by Crippen LogP contribution is -2.52. The maximum absolute atomic E-state index is 13.7. The van der Waals surface area contributed by atoms with Gasteiger partial charge in [0.05, 0.1) is 16.1 Å². The molecule has 0 heterocycles. The van der Waals surface area contributed by atoms with Gasteiger partial charge in [-0.25, -0.2) is 8.42 Å². The summed E-state index contributed by atoms with van der Waals surface area (Å²) < 4.78 is 68.7. The molecule has 3 rings (SSSR count). The van der Waals surface area contributed by atoms with Crippen molar-refractivity contribution < 1.29 is 31.2 Å². The fourth-order valence-electron chi connectivity index (χ4n) is 4.10. The summed E-state index contributed by atoms with van der Waals surface area (Å²) in [5.74, 6) is -1.17. The summed E-state index contributed by atoms with van der Waals surface area (Å²) in [7, 11) is -4.47. The molecule has 11 heteroatoms. The summed E-state index contributed by atoms with van der Waals surface area (Å²) in [4.78, 5) is 27.5. The highest BCUT2D eigenvalue weighted by Crippen LogP contribution is 2.33. The maximum atomic E-state index is 13.7. The number of carbonyl (C=O) groups is 2. The molecule has 0 aromatic heterocycles. The third-order valence-corrected chi connectivity index (χ3v) is 8.14. The van der Waals surface area contributed by atoms with Gasteiger partial charge in [0.15, 0.2) is 0 Å². The molecule has 2 amide bonds. The zero-order valence-corrected chi connectivity index (χ0v) is 23.3. The molecule has 0 saturated carbocycles. The molecule has 1 N–H and O–H groups in total. The van der Waals surface area contributed by atoms with Gasteiger partial charge in [0, 0.05) is 13.1 Å². The highest BCUT2D eigenvalue weighted by Gasteiger charge is 2.35. The lowest BCUT2D eigenvalue weighted by Gasteiger charge is -2.32. The van der Waals surface area contributed by atoms with Gasteiger partial charge < -0.3 is 10.2 Å². The second-order valence-corrected chi connectivity index (χ2v) is 11.1. The van der Waals surface area contributed by atoms with Crippen LogP contribution in [0.5, 0.6) is 0 Å². The number of nitrogens with zero attached hydrogens (tertiary/aromatic N) is 2. The molecule has 0 radical (unpaired) electrons. The zero-order chi connectivity index (χ0) is 29.5. The van der Waals surface area contributed by atoms with E-state index in [4.69, 9.17) is 0 Å². The van der Waals surface area contributed by atoms with Crippen LogP contribution in [0.25, 0.3) is 0 Å². The molecule has 0 aliphatic rings. The Hall–Kier alpha value is -3.86. The minimum Gasteiger partial charge on any atom is -0.355 e. The molecule has 3 aromatic rings. The van der Waals surface area contributed by atoms with Crippen LogP contribution in [0.2, 0.25) is 0 Å². The second-order valence-electron chi connectivity index (χ2n) is 9.27. The van der Waals surface area contributed by atoms with Gasteiger partial charge in [-0.05, 0) is 63.1 Å². The van der Waals surface area contributed by atoms with Crippen molar-refractivity contribution in [1.82, 2.24) is 10.2 Å². The van der Waals surface area contributed by atoms with E-state index < -0.39 is 46.2 Å². The highest BCUT2D eigenvalue weighted by molar-refractivity contribution is 7.92. The van der Waals surface area contributed by atoms with Gasteiger partial charge in [0.1, 0.15) is 12.6 Å². The highest BCUT2D eigenvalue weighted by atomic mass is 32.2. The van der Waals surface area contributed by atoms with E-state index in [9.17, 15) is 31.2 Å². The SMILES string of the molecule is CCNC(=O)[C@@H](C)N(CCc1ccccc1)C(=O)CN(c1cccc(C(F)(F)F)c1)S(=O)(=O)c1ccc(C)cc1. The normalized spacial score (nSPS) is 12.4. The molecule has 0 bridgehead atoms. The smallest absolute Gasteiger partial charge is 0.355 e. The van der Waals surface area contributed by atoms with Crippen LogP contribution in [0, 0.1) is 6.92 Å². The Morgan fingerprint density at radius 3 is 2.20 bits per heavy atom. The first-order valence-corrected chi connectivity index (χ1v) is 14.2. The van der Waals surface area contributed by atoms with Crippen LogP contribution in [-0.4, -0.2) is 50.8 Å². The number of alkyl halides is 3. The number of carbonyl (C=O) groups excluding carboxylic acids is 2. The Morgan fingerprint density at radius 1 is 0.950 bits per heavy atom. The van der Waals surface area contributed by atoms with Crippen molar-refractivity contribution in [3.8, 4) is 0 Å². The topological polar surface area (TPSA) is 86.8 Å². The standard InChI is InChI=1S/C29H32F3N3O4S/c1-4-33-28(37)22(3)34(18-17-23-9-6-5-7-10-23)27(36)20-35(25-12-8-11-24(19-25)29(30,31)32)40(38,39)26-15-13-21(2)14-16-26/h5-16,19,22H,4,17-18,20H2,1-3H3,(H,33,37)/t22-/m1/s1. The van der Waals surface area contributed by atoms with E-state index in [1.807, 2.05) is 30.3 Å². The van der Waals surface area contributed by atoms with E-state index in [1.165, 1.54) is 30.0 Å². The average molecular weight is 576 g/mol. The van der Waals surface area contributed by atoms with E-state index in [1.54, 1.807) is 26.0 Å². The van der Waals surface area contributed by atoms with Crippen LogP contribution in [-0.2, 0) is 32.2 Å². The summed E-state index contributed by atoms with van der Waals surface area (Å²) in [6, 6.07) is 17.9. The zero-order valence-electron chi connectivity index (χ0n) is 22.5. The summed E-state index contributed by atoms with van der Waals surface area (Å²) >= 11 is 0. The monoisotopic (exact) mass is 575 g/mol. The van der Waals surface area contributed by atoms with Crippen LogP contribution in [0.15, 0.2) is 83.8 Å². The summed E-state index contributed by atoms with van der Waals surface area (Å²) in [6.45, 7) is 4.61. The molecule has 1 atom stereocenters. The van der Waals surface area contributed by atoms with Gasteiger partial charge >= 0.3 is 6.18 Å². The van der Waals surface area contributed by atoms with Crippen LogP contribution < -0.4 is 9.62 Å². The molecule has 3 aromatic carbocycles. The fraction of sp³-hybridized carbons (Fsp3) is 0.310. The van der Waals surface area contributed by atoms with Crippen LogP contribution in [0.4, 0.5) is 18.9 Å². The molecule has 0 aliphatic heterocycles. The van der Waals surface area contributed by atoms with Gasteiger partial charge in [-0.3, -0.25) is 13.9 Å². The Balaban J connectivity index is 2.04. The number of nitrogens with one attached hydrogen (secondary N) is 1. The van der Waals surface area contributed by atoms with Gasteiger partial charge in [-0.1, -0.05) is 54.1 Å². The van der Waals surface area contributed by atoms with E-state index in [-0.39, 0.29) is 17.1 Å². The van der Waals surface area contributed by atoms with Crippen molar-refractivity contribution in [3.63, 3.8) is 0 Å². The summed E-state index contributed by atoms with van der Waals surface area (Å²) in [6.07, 6.45) is -4.35. The second kappa shape index (κ2) is 13.0. The Kier molecular flexibility index (Phi) is 9.97. The number of amides is 2. The third kappa shape index (κ3) is 7.62. The van der Waals surface area contributed by atoms with Crippen molar-refractivity contribution in [2.45, 2.75) is 44.3 Å². The minimum atomic E-state index is -4.73. The van der Waals surface area contributed by atoms with Crippen LogP contribution >= 0.6 is 0 Å². The predicted molar refractivity (Wildman–Crippen MR) is 147 cm³/mol. The lowest BCUT2D eigenvalue weighted by atomic mass is 10.1. The number of anilines is 1. The van der Waals surface area contributed by atoms with Gasteiger partial charge in [0.25, 0.3) is 10.0 Å². The number of aryl methyl sites for hydroxylation is 1. The molecular weight excluding hydrogens is 543 g/mol. The van der Waals surface area contributed by atoms with E-state index in [2.05, 4.69) is 5.32 Å². The molecule has 0 saturated heterocycles. The molecule has 40 heavy (non-hydrogen) atoms. The van der Waals surface area contributed by atoms with Gasteiger partial charge in [-0.15, -0.1) is 0 Å². The average Bonchev–Trinajstić information content (AvgIpc) is 2.92. The first-order valence-electron chi connectivity index (χ1n) is 12.7. The molecule has 0 spiro atoms. The number of sulfonamides is 1. The summed E-state index contributed by atoms with van der Waals surface area (Å²) in [5.41, 5.74) is 0.296. The predicted octanol–water partition coefficient (Wildman–Crippen LogP) is 4.81. The fourth-order valence-corrected chi connectivity index (χ4v) is 5.50. The third-order valence-electron chi connectivity index (χ3n) is 6.35. The summed E-state index contributed by atoms with van der Waals surface area (Å²) in [5, 5.41) is 2.66. The van der Waals surface area contributed by atoms with Crippen LogP contribution in [0.1, 0.15) is 30.5 Å². The number of likely N-dealkylation sites (N-methyl/N-ethyl adjacent to an activating group) is 1. The molecule has 0 aliphatic carbocycles. The minimum absolute atomic E-state index is 0.0855. The van der Waals surface area contributed by atoms with Crippen molar-refractivity contribution in [1.29, 1.82) is 0 Å². The molecule has 7 nitrogen and oxygen atoms in total. The molecule has 0 fully saturated rings. The first kappa shape index (κ1) is 30.7. The lowest BCUT2D eigenvalue weighted by molar-refractivity contribution is -0.138. The molecular formula is C29H32F3N3O4S. The van der Waals surface area contributed by atoms with Crippen molar-refractivity contribution in [3.05, 3.63) is 95.6 Å². The van der Waals surface area contributed by atoms with E-state index in [0.717, 1.165) is 23.3 Å². The molecule has 214 valence electrons. The molecule has 0 unspecified atom stereocenters. The van der Waals surface area contributed by atoms with E-state index >= 15 is 0 Å². The quantitative estimate of drug-likeness (QED) is 0.356. The largest absolute Gasteiger partial charge is 0.416 e. The Bertz CT molecular complexity index is 1410. The Morgan fingerprint density at radius 2 is 1.60 bits per heavy atom. The van der Waals surface area contributed by atoms with Gasteiger partial charge in [0.2, 0.25) is 11.8 Å². The van der Waals surface area contributed by atoms with Gasteiger partial charge in [-0.2, -0.15) is 13.2 Å². The maximum Gasteiger partial charge on any atom is 0.416 e. The first-order chi connectivity index (χ1) is 18.8. The van der Waals surface area contributed by atoms with Crippen LogP contribution in [0.3, 0.4) is 0 Å². The van der Waals surface area contributed by atoms with Crippen molar-refractivity contribution in [2.24, 2.45) is 0 Å². The van der Waals surface area contributed by atoms with Crippen molar-refractivity contribution in [2.75, 3.05) is 23.9 Å². The number of halogens is 3. The Labute approximate surface area is 232 Å². The number of hydrogen-bond donors (Lipinski definition) is 1. The number of rotatable bonds is 11. The van der Waals surface area contributed by atoms with E-state index in [0.29, 0.717) is 23.3 Å².